The molecular formula is C28H24N6O2S. The highest BCUT2D eigenvalue weighted by molar-refractivity contribution is 7.13. The number of thiazole rings is 1. The van der Waals surface area contributed by atoms with E-state index in [4.69, 9.17) is 10.5 Å². The van der Waals surface area contributed by atoms with Crippen molar-refractivity contribution in [1.29, 1.82) is 0 Å². The molecule has 8 nitrogen and oxygen atoms in total. The molecule has 2 heterocycles. The van der Waals surface area contributed by atoms with Gasteiger partial charge < -0.3 is 15.8 Å². The van der Waals surface area contributed by atoms with E-state index in [0.29, 0.717) is 28.1 Å². The lowest BCUT2D eigenvalue weighted by atomic mass is 10.0. The highest BCUT2D eigenvalue weighted by Crippen LogP contribution is 2.36. The normalized spacial score (nSPS) is 10.6. The fourth-order valence-electron chi connectivity index (χ4n) is 3.88. The fourth-order valence-corrected chi connectivity index (χ4v) is 4.45. The van der Waals surface area contributed by atoms with Crippen molar-refractivity contribution < 1.29 is 9.53 Å². The van der Waals surface area contributed by atoms with E-state index in [9.17, 15) is 4.79 Å². The highest BCUT2D eigenvalue weighted by atomic mass is 32.1. The maximum atomic E-state index is 12.7. The monoisotopic (exact) mass is 508 g/mol. The smallest absolute Gasteiger partial charge is 0.325 e. The average molecular weight is 509 g/mol. The number of para-hydroxylation sites is 2. The number of anilines is 3. The first kappa shape index (κ1) is 24.0. The molecule has 9 heteroatoms. The summed E-state index contributed by atoms with van der Waals surface area (Å²) < 4.78 is 6.27. The lowest BCUT2D eigenvalue weighted by Gasteiger charge is -2.16. The van der Waals surface area contributed by atoms with Gasteiger partial charge in [-0.2, -0.15) is 0 Å². The zero-order chi connectivity index (χ0) is 25.8. The van der Waals surface area contributed by atoms with Gasteiger partial charge in [0.15, 0.2) is 16.7 Å². The standard InChI is InChI=1S/C28H24N6O2S/c1-17-14-20(23-16-37-27(29)30-23)15-18(2)26(17)36-24-11-7-6-10-22(24)31-28(35)32-25-13-12-21(33-34-25)19-8-4-3-5-9-19/h3-16H,1-2H3,(H2,29,30)(H2,31,32,34,35). The summed E-state index contributed by atoms with van der Waals surface area (Å²) in [6.07, 6.45) is 0. The summed E-state index contributed by atoms with van der Waals surface area (Å²) in [5.74, 6) is 1.56. The predicted octanol–water partition coefficient (Wildman–Crippen LogP) is 6.90. The molecule has 0 bridgehead atoms. The Balaban J connectivity index is 1.30. The molecule has 0 aliphatic heterocycles. The second kappa shape index (κ2) is 10.5. The van der Waals surface area contributed by atoms with Crippen molar-refractivity contribution >= 4 is 34.0 Å². The largest absolute Gasteiger partial charge is 0.455 e. The molecule has 184 valence electrons. The summed E-state index contributed by atoms with van der Waals surface area (Å²) in [6, 6.07) is 24.1. The first-order valence-corrected chi connectivity index (χ1v) is 12.4. The van der Waals surface area contributed by atoms with Gasteiger partial charge in [-0.25, -0.2) is 9.78 Å². The van der Waals surface area contributed by atoms with Gasteiger partial charge in [0.25, 0.3) is 0 Å². The molecule has 0 unspecified atom stereocenters. The number of amides is 2. The SMILES string of the molecule is Cc1cc(-c2csc(N)n2)cc(C)c1Oc1ccccc1NC(=O)Nc1ccc(-c2ccccc2)nn1. The molecule has 0 radical (unpaired) electrons. The average Bonchev–Trinajstić information content (AvgIpc) is 3.34. The number of carbonyl (C=O) groups excluding carboxylic acids is 1. The zero-order valence-electron chi connectivity index (χ0n) is 20.2. The summed E-state index contributed by atoms with van der Waals surface area (Å²) in [4.78, 5) is 17.1. The number of nitrogens with zero attached hydrogens (tertiary/aromatic N) is 3. The third-order valence-corrected chi connectivity index (χ3v) is 6.27. The van der Waals surface area contributed by atoms with E-state index < -0.39 is 6.03 Å². The molecule has 2 aromatic heterocycles. The molecule has 0 saturated carbocycles. The van der Waals surface area contributed by atoms with Gasteiger partial charge in [0.05, 0.1) is 17.1 Å². The van der Waals surface area contributed by atoms with Gasteiger partial charge in [-0.3, -0.25) is 5.32 Å². The third-order valence-electron chi connectivity index (χ3n) is 5.60. The van der Waals surface area contributed by atoms with Gasteiger partial charge in [-0.15, -0.1) is 21.5 Å². The number of ether oxygens (including phenoxy) is 1. The summed E-state index contributed by atoms with van der Waals surface area (Å²) in [6.45, 7) is 3.95. The number of rotatable bonds is 6. The van der Waals surface area contributed by atoms with Crippen LogP contribution >= 0.6 is 11.3 Å². The van der Waals surface area contributed by atoms with Crippen LogP contribution in [0.2, 0.25) is 0 Å². The lowest BCUT2D eigenvalue weighted by Crippen LogP contribution is -2.20. The molecule has 0 fully saturated rings. The Labute approximate surface area is 218 Å². The van der Waals surface area contributed by atoms with Crippen molar-refractivity contribution in [2.75, 3.05) is 16.4 Å². The van der Waals surface area contributed by atoms with E-state index in [2.05, 4.69) is 25.8 Å². The topological polar surface area (TPSA) is 115 Å². The molecule has 5 rings (SSSR count). The summed E-state index contributed by atoms with van der Waals surface area (Å²) in [7, 11) is 0. The highest BCUT2D eigenvalue weighted by Gasteiger charge is 2.14. The summed E-state index contributed by atoms with van der Waals surface area (Å²) >= 11 is 1.41. The number of nitrogen functional groups attached to an aromatic ring is 1. The van der Waals surface area contributed by atoms with Crippen molar-refractivity contribution in [3.63, 3.8) is 0 Å². The van der Waals surface area contributed by atoms with Crippen LogP contribution in [0.1, 0.15) is 11.1 Å². The van der Waals surface area contributed by atoms with Crippen LogP contribution in [0, 0.1) is 13.8 Å². The van der Waals surface area contributed by atoms with Crippen LogP contribution in [0.15, 0.2) is 84.2 Å². The second-order valence-electron chi connectivity index (χ2n) is 8.36. The number of hydrogen-bond donors (Lipinski definition) is 3. The van der Waals surface area contributed by atoms with Crippen molar-refractivity contribution in [3.05, 3.63) is 95.4 Å². The Morgan fingerprint density at radius 1 is 0.838 bits per heavy atom. The Kier molecular flexibility index (Phi) is 6.78. The summed E-state index contributed by atoms with van der Waals surface area (Å²) in [5, 5.41) is 16.3. The van der Waals surface area contributed by atoms with Crippen LogP contribution in [-0.2, 0) is 0 Å². The number of benzene rings is 3. The van der Waals surface area contributed by atoms with Crippen molar-refractivity contribution in [2.45, 2.75) is 13.8 Å². The van der Waals surface area contributed by atoms with Crippen molar-refractivity contribution in [3.8, 4) is 34.0 Å². The number of nitrogens with one attached hydrogen (secondary N) is 2. The number of aryl methyl sites for hydroxylation is 2. The van der Waals surface area contributed by atoms with Crippen molar-refractivity contribution in [1.82, 2.24) is 15.2 Å². The minimum Gasteiger partial charge on any atom is -0.455 e. The number of aromatic nitrogens is 3. The molecule has 0 saturated heterocycles. The first-order chi connectivity index (χ1) is 18.0. The van der Waals surface area contributed by atoms with E-state index >= 15 is 0 Å². The van der Waals surface area contributed by atoms with Gasteiger partial charge in [-0.1, -0.05) is 42.5 Å². The van der Waals surface area contributed by atoms with E-state index in [1.165, 1.54) is 11.3 Å². The van der Waals surface area contributed by atoms with Crippen LogP contribution in [0.4, 0.5) is 21.4 Å². The maximum absolute atomic E-state index is 12.7. The van der Waals surface area contributed by atoms with Crippen molar-refractivity contribution in [2.24, 2.45) is 0 Å². The van der Waals surface area contributed by atoms with Crippen LogP contribution < -0.4 is 21.1 Å². The number of carbonyl (C=O) groups is 1. The van der Waals surface area contributed by atoms with Crippen LogP contribution in [0.5, 0.6) is 11.5 Å². The van der Waals surface area contributed by atoms with E-state index in [0.717, 1.165) is 33.6 Å². The van der Waals surface area contributed by atoms with Gasteiger partial charge in [0, 0.05) is 16.5 Å². The van der Waals surface area contributed by atoms with Gasteiger partial charge in [0.2, 0.25) is 0 Å². The molecule has 0 aliphatic carbocycles. The predicted molar refractivity (Wildman–Crippen MR) is 148 cm³/mol. The molecular weight excluding hydrogens is 484 g/mol. The molecule has 3 aromatic carbocycles. The molecule has 4 N–H and O–H groups in total. The van der Waals surface area contributed by atoms with Gasteiger partial charge >= 0.3 is 6.03 Å². The summed E-state index contributed by atoms with van der Waals surface area (Å²) in [5.41, 5.74) is 11.7. The van der Waals surface area contributed by atoms with Gasteiger partial charge in [-0.05, 0) is 61.4 Å². The van der Waals surface area contributed by atoms with Gasteiger partial charge in [0.1, 0.15) is 5.75 Å². The number of nitrogens with two attached hydrogens (primary N) is 1. The Morgan fingerprint density at radius 2 is 1.57 bits per heavy atom. The number of urea groups is 1. The molecule has 5 aromatic rings. The molecule has 2 amide bonds. The second-order valence-corrected chi connectivity index (χ2v) is 9.25. The molecule has 37 heavy (non-hydrogen) atoms. The Hall–Kier alpha value is -4.76. The van der Waals surface area contributed by atoms with Crippen LogP contribution in [0.3, 0.4) is 0 Å². The lowest BCUT2D eigenvalue weighted by molar-refractivity contribution is 0.262. The quantitative estimate of drug-likeness (QED) is 0.230. The Morgan fingerprint density at radius 3 is 2.24 bits per heavy atom. The third kappa shape index (κ3) is 5.57. The minimum atomic E-state index is -0.456. The first-order valence-electron chi connectivity index (χ1n) is 11.5. The van der Waals surface area contributed by atoms with Crippen LogP contribution in [0.25, 0.3) is 22.5 Å². The fraction of sp³-hybridized carbons (Fsp3) is 0.0714. The molecule has 0 spiro atoms. The number of hydrogen-bond acceptors (Lipinski definition) is 7. The zero-order valence-corrected chi connectivity index (χ0v) is 21.0. The molecule has 0 atom stereocenters. The van der Waals surface area contributed by atoms with Crippen LogP contribution in [-0.4, -0.2) is 21.2 Å². The molecule has 0 aliphatic rings. The van der Waals surface area contributed by atoms with E-state index in [1.807, 2.05) is 79.9 Å². The minimum absolute atomic E-state index is 0.334. The maximum Gasteiger partial charge on any atom is 0.325 e. The van der Waals surface area contributed by atoms with E-state index in [-0.39, 0.29) is 0 Å². The Bertz CT molecular complexity index is 1530. The van der Waals surface area contributed by atoms with E-state index in [1.54, 1.807) is 18.2 Å².